The summed E-state index contributed by atoms with van der Waals surface area (Å²) in [7, 11) is 0. The fraction of sp³-hybridized carbons (Fsp3) is 0.524. The van der Waals surface area contributed by atoms with Crippen LogP contribution in [-0.2, 0) is 0 Å². The van der Waals surface area contributed by atoms with Crippen LogP contribution in [0.2, 0.25) is 0 Å². The molecule has 0 saturated heterocycles. The second kappa shape index (κ2) is 7.18. The van der Waals surface area contributed by atoms with Crippen molar-refractivity contribution in [3.05, 3.63) is 47.7 Å². The van der Waals surface area contributed by atoms with Gasteiger partial charge in [-0.1, -0.05) is 51.1 Å². The molecule has 28 heavy (non-hydrogen) atoms. The molecule has 1 amide bonds. The summed E-state index contributed by atoms with van der Waals surface area (Å²) >= 11 is 0. The Morgan fingerprint density at radius 1 is 1.25 bits per heavy atom. The summed E-state index contributed by atoms with van der Waals surface area (Å²) < 4.78 is 30.0. The van der Waals surface area contributed by atoms with Gasteiger partial charge in [0.25, 0.3) is 11.8 Å². The molecule has 3 atom stereocenters. The fourth-order valence-corrected chi connectivity index (χ4v) is 3.27. The van der Waals surface area contributed by atoms with Crippen LogP contribution < -0.4 is 10.6 Å². The molecule has 5 nitrogen and oxygen atoms in total. The molecule has 0 saturated carbocycles. The van der Waals surface area contributed by atoms with Gasteiger partial charge < -0.3 is 10.6 Å². The smallest absolute Gasteiger partial charge is 0.267 e. The highest BCUT2D eigenvalue weighted by Gasteiger charge is 2.43. The predicted molar refractivity (Wildman–Crippen MR) is 106 cm³/mol. The summed E-state index contributed by atoms with van der Waals surface area (Å²) in [6.45, 7) is 8.92. The van der Waals surface area contributed by atoms with Gasteiger partial charge in [0.2, 0.25) is 0 Å². The highest BCUT2D eigenvalue weighted by atomic mass is 19.3. The minimum Gasteiger partial charge on any atom is -0.363 e. The standard InChI is InChI=1S/C21H28F2N4O/c1-13(20(2,3)4)25-19(28)15-12-24-27-17(21(5,22)23)11-16(26-18(15)27)14-9-7-6-8-10-14/h6-10,12-13,16-17,26H,11H2,1-5H3,(H,25,28). The number of aromatic nitrogens is 2. The van der Waals surface area contributed by atoms with E-state index in [-0.39, 0.29) is 35.4 Å². The summed E-state index contributed by atoms with van der Waals surface area (Å²) in [6, 6.07) is 7.89. The van der Waals surface area contributed by atoms with Crippen molar-refractivity contribution in [3.63, 3.8) is 0 Å². The Morgan fingerprint density at radius 3 is 2.46 bits per heavy atom. The van der Waals surface area contributed by atoms with Crippen molar-refractivity contribution in [2.45, 2.75) is 65.1 Å². The Hall–Kier alpha value is -2.44. The van der Waals surface area contributed by atoms with E-state index in [2.05, 4.69) is 15.7 Å². The number of anilines is 1. The largest absolute Gasteiger partial charge is 0.363 e. The van der Waals surface area contributed by atoms with Crippen LogP contribution in [0.4, 0.5) is 14.6 Å². The number of hydrogen-bond donors (Lipinski definition) is 2. The normalized spacial score (nSPS) is 20.8. The number of benzene rings is 1. The van der Waals surface area contributed by atoms with Gasteiger partial charge in [-0.25, -0.2) is 13.5 Å². The summed E-state index contributed by atoms with van der Waals surface area (Å²) in [5, 5.41) is 10.4. The molecule has 152 valence electrons. The first kappa shape index (κ1) is 20.3. The summed E-state index contributed by atoms with van der Waals surface area (Å²) in [6.07, 6.45) is 1.56. The van der Waals surface area contributed by atoms with Crippen molar-refractivity contribution < 1.29 is 13.6 Å². The number of alkyl halides is 2. The number of hydrogen-bond acceptors (Lipinski definition) is 3. The van der Waals surface area contributed by atoms with Gasteiger partial charge >= 0.3 is 0 Å². The second-order valence-corrected chi connectivity index (χ2v) is 8.73. The lowest BCUT2D eigenvalue weighted by atomic mass is 9.88. The lowest BCUT2D eigenvalue weighted by molar-refractivity contribution is -0.0437. The van der Waals surface area contributed by atoms with Gasteiger partial charge in [-0.3, -0.25) is 4.79 Å². The molecule has 7 heteroatoms. The third-order valence-electron chi connectivity index (χ3n) is 5.54. The van der Waals surface area contributed by atoms with E-state index in [1.54, 1.807) is 0 Å². The number of rotatable bonds is 4. The molecule has 0 radical (unpaired) electrons. The first-order valence-corrected chi connectivity index (χ1v) is 9.56. The highest BCUT2D eigenvalue weighted by molar-refractivity contribution is 5.99. The van der Waals surface area contributed by atoms with Crippen LogP contribution >= 0.6 is 0 Å². The minimum atomic E-state index is -2.97. The van der Waals surface area contributed by atoms with E-state index >= 15 is 0 Å². The molecule has 3 unspecified atom stereocenters. The molecule has 0 fully saturated rings. The predicted octanol–water partition coefficient (Wildman–Crippen LogP) is 4.80. The van der Waals surface area contributed by atoms with E-state index in [1.165, 1.54) is 10.9 Å². The summed E-state index contributed by atoms with van der Waals surface area (Å²) in [5.41, 5.74) is 1.06. The monoisotopic (exact) mass is 390 g/mol. The van der Waals surface area contributed by atoms with E-state index in [4.69, 9.17) is 0 Å². The van der Waals surface area contributed by atoms with Crippen LogP contribution in [-0.4, -0.2) is 27.7 Å². The van der Waals surface area contributed by atoms with Crippen LogP contribution in [0.25, 0.3) is 0 Å². The molecule has 0 spiro atoms. The minimum absolute atomic E-state index is 0.0903. The lowest BCUT2D eigenvalue weighted by Crippen LogP contribution is -2.42. The number of nitrogens with one attached hydrogen (secondary N) is 2. The molecule has 3 rings (SSSR count). The number of carbonyl (C=O) groups excluding carboxylic acids is 1. The number of amides is 1. The van der Waals surface area contributed by atoms with Gasteiger partial charge in [-0.05, 0) is 17.9 Å². The zero-order valence-electron chi connectivity index (χ0n) is 17.0. The van der Waals surface area contributed by atoms with E-state index < -0.39 is 12.0 Å². The molecule has 0 bridgehead atoms. The number of halogens is 2. The van der Waals surface area contributed by atoms with E-state index in [1.807, 2.05) is 58.0 Å². The first-order valence-electron chi connectivity index (χ1n) is 9.56. The van der Waals surface area contributed by atoms with Gasteiger partial charge in [-0.2, -0.15) is 5.10 Å². The molecule has 1 aliphatic rings. The molecular formula is C21H28F2N4O. The number of carbonyl (C=O) groups is 1. The van der Waals surface area contributed by atoms with Crippen molar-refractivity contribution in [2.24, 2.45) is 5.41 Å². The Morgan fingerprint density at radius 2 is 1.89 bits per heavy atom. The van der Waals surface area contributed by atoms with Crippen molar-refractivity contribution in [3.8, 4) is 0 Å². The number of fused-ring (bicyclic) bond motifs is 1. The number of nitrogens with zero attached hydrogens (tertiary/aromatic N) is 2. The van der Waals surface area contributed by atoms with Gasteiger partial charge in [0.1, 0.15) is 17.4 Å². The summed E-state index contributed by atoms with van der Waals surface area (Å²) in [5.74, 6) is -2.95. The van der Waals surface area contributed by atoms with Crippen LogP contribution in [0.3, 0.4) is 0 Å². The Balaban J connectivity index is 1.96. The molecule has 2 N–H and O–H groups in total. The van der Waals surface area contributed by atoms with Gasteiger partial charge in [0.15, 0.2) is 0 Å². The molecule has 1 aromatic carbocycles. The van der Waals surface area contributed by atoms with Crippen molar-refractivity contribution in [1.82, 2.24) is 15.1 Å². The average Bonchev–Trinajstić information content (AvgIpc) is 3.03. The second-order valence-electron chi connectivity index (χ2n) is 8.73. The summed E-state index contributed by atoms with van der Waals surface area (Å²) in [4.78, 5) is 12.8. The van der Waals surface area contributed by atoms with Crippen molar-refractivity contribution in [1.29, 1.82) is 0 Å². The molecule has 0 aliphatic carbocycles. The van der Waals surface area contributed by atoms with Gasteiger partial charge in [0, 0.05) is 19.4 Å². The van der Waals surface area contributed by atoms with Crippen molar-refractivity contribution >= 4 is 11.7 Å². The van der Waals surface area contributed by atoms with E-state index in [9.17, 15) is 13.6 Å². The molecule has 1 aliphatic heterocycles. The highest BCUT2D eigenvalue weighted by Crippen LogP contribution is 2.43. The maximum atomic E-state index is 14.4. The molecule has 1 aromatic heterocycles. The average molecular weight is 390 g/mol. The molecular weight excluding hydrogens is 362 g/mol. The Labute approximate surface area is 164 Å². The maximum Gasteiger partial charge on any atom is 0.267 e. The van der Waals surface area contributed by atoms with Crippen LogP contribution in [0.15, 0.2) is 36.5 Å². The van der Waals surface area contributed by atoms with E-state index in [0.717, 1.165) is 12.5 Å². The zero-order chi connectivity index (χ0) is 20.7. The van der Waals surface area contributed by atoms with Gasteiger partial charge in [0.05, 0.1) is 12.2 Å². The Kier molecular flexibility index (Phi) is 5.21. The lowest BCUT2D eigenvalue weighted by Gasteiger charge is -2.36. The fourth-order valence-electron chi connectivity index (χ4n) is 3.27. The molecule has 2 aromatic rings. The van der Waals surface area contributed by atoms with Crippen molar-refractivity contribution in [2.75, 3.05) is 5.32 Å². The topological polar surface area (TPSA) is 59.0 Å². The third kappa shape index (κ3) is 4.03. The molecule has 2 heterocycles. The zero-order valence-corrected chi connectivity index (χ0v) is 17.0. The van der Waals surface area contributed by atoms with E-state index in [0.29, 0.717) is 5.82 Å². The van der Waals surface area contributed by atoms with Gasteiger partial charge in [-0.15, -0.1) is 0 Å². The maximum absolute atomic E-state index is 14.4. The first-order chi connectivity index (χ1) is 13.0. The SMILES string of the molecule is CC(NC(=O)c1cnn2c1NC(c1ccccc1)CC2C(C)(F)F)C(C)(C)C. The Bertz CT molecular complexity index is 836. The van der Waals surface area contributed by atoms with Crippen LogP contribution in [0.1, 0.15) is 69.0 Å². The third-order valence-corrected chi connectivity index (χ3v) is 5.54. The van der Waals surface area contributed by atoms with Crippen LogP contribution in [0, 0.1) is 5.41 Å². The van der Waals surface area contributed by atoms with Crippen LogP contribution in [0.5, 0.6) is 0 Å². The quantitative estimate of drug-likeness (QED) is 0.788.